The molecule has 2 aromatic carbocycles. The summed E-state index contributed by atoms with van der Waals surface area (Å²) in [4.78, 5) is 23.5. The van der Waals surface area contributed by atoms with Crippen LogP contribution in [0.1, 0.15) is 35.3 Å². The largest absolute Gasteiger partial charge is 0.353 e. The van der Waals surface area contributed by atoms with Crippen molar-refractivity contribution in [3.05, 3.63) is 59.5 Å². The molecule has 1 amide bonds. The molecule has 35 heavy (non-hydrogen) atoms. The van der Waals surface area contributed by atoms with Gasteiger partial charge in [0.2, 0.25) is 0 Å². The van der Waals surface area contributed by atoms with Gasteiger partial charge in [-0.2, -0.15) is 4.37 Å². The summed E-state index contributed by atoms with van der Waals surface area (Å²) in [5.41, 5.74) is 2.91. The van der Waals surface area contributed by atoms with Gasteiger partial charge in [0.15, 0.2) is 0 Å². The van der Waals surface area contributed by atoms with Crippen LogP contribution in [0, 0.1) is 12.7 Å². The van der Waals surface area contributed by atoms with Crippen molar-refractivity contribution in [2.75, 3.05) is 44.2 Å². The molecule has 6 nitrogen and oxygen atoms in total. The number of halogens is 1. The average Bonchev–Trinajstić information content (AvgIpc) is 3.60. The van der Waals surface area contributed by atoms with E-state index < -0.39 is 0 Å². The standard InChI is InChI=1S/C27H30FN5OS/c1-18-4-5-19-16-24(29-23(19)15-18)27(34)33-9-2-3-21(33)8-10-31-11-13-32(14-12-31)26-22-7-6-20(28)17-25(22)35-30-26/h4-7,15-17,21,29H,2-3,8-14H2,1H3. The number of piperazine rings is 1. The molecule has 2 aliphatic rings. The molecule has 6 rings (SSSR count). The van der Waals surface area contributed by atoms with E-state index in [0.717, 1.165) is 85.3 Å². The Bertz CT molecular complexity index is 1370. The minimum atomic E-state index is -0.211. The van der Waals surface area contributed by atoms with Crippen molar-refractivity contribution in [1.29, 1.82) is 0 Å². The van der Waals surface area contributed by atoms with Crippen LogP contribution in [0.5, 0.6) is 0 Å². The lowest BCUT2D eigenvalue weighted by Crippen LogP contribution is -2.48. The van der Waals surface area contributed by atoms with E-state index in [9.17, 15) is 9.18 Å². The highest BCUT2D eigenvalue weighted by atomic mass is 32.1. The van der Waals surface area contributed by atoms with E-state index >= 15 is 0 Å². The van der Waals surface area contributed by atoms with Gasteiger partial charge in [0.05, 0.1) is 4.70 Å². The maximum Gasteiger partial charge on any atom is 0.270 e. The highest BCUT2D eigenvalue weighted by Gasteiger charge is 2.31. The highest BCUT2D eigenvalue weighted by Crippen LogP contribution is 2.31. The van der Waals surface area contributed by atoms with Crippen LogP contribution in [-0.2, 0) is 0 Å². The third kappa shape index (κ3) is 4.41. The summed E-state index contributed by atoms with van der Waals surface area (Å²) in [6.07, 6.45) is 3.15. The van der Waals surface area contributed by atoms with E-state index in [-0.39, 0.29) is 11.7 Å². The van der Waals surface area contributed by atoms with Crippen molar-refractivity contribution in [1.82, 2.24) is 19.2 Å². The summed E-state index contributed by atoms with van der Waals surface area (Å²) >= 11 is 1.37. The number of likely N-dealkylation sites (tertiary alicyclic amines) is 1. The number of carbonyl (C=O) groups excluding carboxylic acids is 1. The number of benzene rings is 2. The van der Waals surface area contributed by atoms with Gasteiger partial charge < -0.3 is 14.8 Å². The zero-order chi connectivity index (χ0) is 23.9. The second-order valence-electron chi connectivity index (χ2n) is 9.83. The number of carbonyl (C=O) groups is 1. The molecule has 0 aliphatic carbocycles. The normalized spacial score (nSPS) is 19.3. The van der Waals surface area contributed by atoms with Gasteiger partial charge in [-0.15, -0.1) is 0 Å². The molecule has 1 unspecified atom stereocenters. The molecular weight excluding hydrogens is 461 g/mol. The summed E-state index contributed by atoms with van der Waals surface area (Å²) < 4.78 is 19.0. The van der Waals surface area contributed by atoms with Crippen LogP contribution in [0.4, 0.5) is 10.2 Å². The third-order valence-corrected chi connectivity index (χ3v) is 8.31. The van der Waals surface area contributed by atoms with Crippen LogP contribution in [0.15, 0.2) is 42.5 Å². The Balaban J connectivity index is 1.05. The molecule has 8 heteroatoms. The number of rotatable bonds is 5. The van der Waals surface area contributed by atoms with Gasteiger partial charge in [0, 0.05) is 61.6 Å². The van der Waals surface area contributed by atoms with E-state index in [1.54, 1.807) is 6.07 Å². The number of anilines is 1. The molecule has 2 aromatic heterocycles. The van der Waals surface area contributed by atoms with Crippen LogP contribution in [0.2, 0.25) is 0 Å². The Morgan fingerprint density at radius 3 is 2.83 bits per heavy atom. The number of nitrogens with one attached hydrogen (secondary N) is 1. The van der Waals surface area contributed by atoms with Gasteiger partial charge in [0.1, 0.15) is 17.3 Å². The molecule has 0 saturated carbocycles. The Morgan fingerprint density at radius 2 is 1.97 bits per heavy atom. The molecule has 4 aromatic rings. The molecule has 2 fully saturated rings. The number of hydrogen-bond acceptors (Lipinski definition) is 5. The first kappa shape index (κ1) is 22.5. The van der Waals surface area contributed by atoms with Crippen molar-refractivity contribution in [2.24, 2.45) is 0 Å². The molecule has 2 aliphatic heterocycles. The second kappa shape index (κ2) is 9.24. The van der Waals surface area contributed by atoms with Gasteiger partial charge in [-0.1, -0.05) is 12.1 Å². The molecule has 4 heterocycles. The van der Waals surface area contributed by atoms with Crippen LogP contribution >= 0.6 is 11.5 Å². The Kier molecular flexibility index (Phi) is 5.94. The minimum absolute atomic E-state index is 0.123. The molecule has 182 valence electrons. The summed E-state index contributed by atoms with van der Waals surface area (Å²) in [6.45, 7) is 7.68. The van der Waals surface area contributed by atoms with Crippen LogP contribution in [-0.4, -0.2) is 70.4 Å². The van der Waals surface area contributed by atoms with Crippen molar-refractivity contribution >= 4 is 44.2 Å². The first-order valence-electron chi connectivity index (χ1n) is 12.5. The lowest BCUT2D eigenvalue weighted by atomic mass is 10.1. The quantitative estimate of drug-likeness (QED) is 0.425. The van der Waals surface area contributed by atoms with Gasteiger partial charge in [-0.05, 0) is 73.6 Å². The van der Waals surface area contributed by atoms with Gasteiger partial charge in [-0.25, -0.2) is 4.39 Å². The number of nitrogens with zero attached hydrogens (tertiary/aromatic N) is 4. The number of fused-ring (bicyclic) bond motifs is 2. The van der Waals surface area contributed by atoms with E-state index in [2.05, 4.69) is 49.2 Å². The first-order chi connectivity index (χ1) is 17.0. The summed E-state index contributed by atoms with van der Waals surface area (Å²) in [6, 6.07) is 13.5. The average molecular weight is 492 g/mol. The zero-order valence-electron chi connectivity index (χ0n) is 20.0. The molecule has 0 bridgehead atoms. The SMILES string of the molecule is Cc1ccc2cc(C(=O)N3CCCC3CCN3CCN(c4nsc5cc(F)ccc45)CC3)[nH]c2c1. The fraction of sp³-hybridized carbons (Fsp3) is 0.407. The highest BCUT2D eigenvalue weighted by molar-refractivity contribution is 7.13. The van der Waals surface area contributed by atoms with E-state index in [0.29, 0.717) is 11.7 Å². The summed E-state index contributed by atoms with van der Waals surface area (Å²) in [5, 5.41) is 2.13. The van der Waals surface area contributed by atoms with Crippen molar-refractivity contribution in [2.45, 2.75) is 32.2 Å². The maximum absolute atomic E-state index is 13.5. The second-order valence-corrected chi connectivity index (χ2v) is 10.6. The first-order valence-corrected chi connectivity index (χ1v) is 13.2. The lowest BCUT2D eigenvalue weighted by Gasteiger charge is -2.36. The molecule has 0 radical (unpaired) electrons. The minimum Gasteiger partial charge on any atom is -0.353 e. The number of aryl methyl sites for hydroxylation is 1. The number of aromatic nitrogens is 2. The predicted octanol–water partition coefficient (Wildman–Crippen LogP) is 5.04. The van der Waals surface area contributed by atoms with E-state index in [1.165, 1.54) is 23.2 Å². The summed E-state index contributed by atoms with van der Waals surface area (Å²) in [7, 11) is 0. The molecule has 1 N–H and O–H groups in total. The lowest BCUT2D eigenvalue weighted by molar-refractivity contribution is 0.0715. The Hall–Kier alpha value is -2.97. The maximum atomic E-state index is 13.5. The van der Waals surface area contributed by atoms with Gasteiger partial charge >= 0.3 is 0 Å². The predicted molar refractivity (Wildman–Crippen MR) is 140 cm³/mol. The summed E-state index contributed by atoms with van der Waals surface area (Å²) in [5.74, 6) is 0.889. The monoisotopic (exact) mass is 491 g/mol. The van der Waals surface area contributed by atoms with Crippen molar-refractivity contribution < 1.29 is 9.18 Å². The van der Waals surface area contributed by atoms with Crippen LogP contribution in [0.25, 0.3) is 21.0 Å². The molecular formula is C27H30FN5OS. The molecule has 2 saturated heterocycles. The van der Waals surface area contributed by atoms with E-state index in [1.807, 2.05) is 12.1 Å². The van der Waals surface area contributed by atoms with Crippen LogP contribution in [0.3, 0.4) is 0 Å². The van der Waals surface area contributed by atoms with Crippen LogP contribution < -0.4 is 4.90 Å². The third-order valence-electron chi connectivity index (χ3n) is 7.51. The van der Waals surface area contributed by atoms with Gasteiger partial charge in [0.25, 0.3) is 5.91 Å². The zero-order valence-corrected chi connectivity index (χ0v) is 20.8. The fourth-order valence-electron chi connectivity index (χ4n) is 5.56. The molecule has 1 atom stereocenters. The van der Waals surface area contributed by atoms with Crippen molar-refractivity contribution in [3.63, 3.8) is 0 Å². The Morgan fingerprint density at radius 1 is 1.11 bits per heavy atom. The van der Waals surface area contributed by atoms with E-state index in [4.69, 9.17) is 0 Å². The molecule has 0 spiro atoms. The topological polar surface area (TPSA) is 55.5 Å². The number of aromatic amines is 1. The number of hydrogen-bond donors (Lipinski definition) is 1. The van der Waals surface area contributed by atoms with Gasteiger partial charge in [-0.3, -0.25) is 9.69 Å². The Labute approximate surface area is 208 Å². The van der Waals surface area contributed by atoms with Crippen molar-refractivity contribution in [3.8, 4) is 0 Å². The number of amides is 1. The number of H-pyrrole nitrogens is 1. The fourth-order valence-corrected chi connectivity index (χ4v) is 6.38. The smallest absolute Gasteiger partial charge is 0.270 e.